The first-order valence-electron chi connectivity index (χ1n) is 7.12. The maximum absolute atomic E-state index is 5.85. The molecule has 0 aromatic carbocycles. The summed E-state index contributed by atoms with van der Waals surface area (Å²) in [5, 5.41) is 3.40. The van der Waals surface area contributed by atoms with Gasteiger partial charge in [0, 0.05) is 23.9 Å². The van der Waals surface area contributed by atoms with Gasteiger partial charge in [0.05, 0.1) is 18.5 Å². The molecule has 1 aliphatic carbocycles. The first-order valence-corrected chi connectivity index (χ1v) is 7.12. The summed E-state index contributed by atoms with van der Waals surface area (Å²) in [6, 6.07) is 7.92. The van der Waals surface area contributed by atoms with Crippen LogP contribution in [0.3, 0.4) is 0 Å². The predicted molar refractivity (Wildman–Crippen MR) is 76.3 cm³/mol. The molecule has 1 aliphatic heterocycles. The summed E-state index contributed by atoms with van der Waals surface area (Å²) in [6.45, 7) is 3.16. The van der Waals surface area contributed by atoms with Gasteiger partial charge in [-0.15, -0.1) is 0 Å². The molecular weight excluding hydrogens is 250 g/mol. The van der Waals surface area contributed by atoms with Gasteiger partial charge in [-0.3, -0.25) is 9.97 Å². The van der Waals surface area contributed by atoms with Gasteiger partial charge in [-0.05, 0) is 49.2 Å². The SMILES string of the molecule is c1cc(-c2ccc(OCC3C4CNCC43)cn2)ccn1. The second-order valence-electron chi connectivity index (χ2n) is 5.58. The van der Waals surface area contributed by atoms with Crippen molar-refractivity contribution in [2.24, 2.45) is 17.8 Å². The molecule has 2 atom stereocenters. The van der Waals surface area contributed by atoms with Gasteiger partial charge < -0.3 is 10.1 Å². The fraction of sp³-hybridized carbons (Fsp3) is 0.375. The molecule has 2 aromatic rings. The minimum absolute atomic E-state index is 0.746. The average Bonchev–Trinajstić information content (AvgIpc) is 2.94. The highest BCUT2D eigenvalue weighted by Gasteiger charge is 2.52. The zero-order valence-electron chi connectivity index (χ0n) is 11.2. The number of nitrogens with one attached hydrogen (secondary N) is 1. The molecule has 0 bridgehead atoms. The highest BCUT2D eigenvalue weighted by atomic mass is 16.5. The van der Waals surface area contributed by atoms with E-state index in [-0.39, 0.29) is 0 Å². The lowest BCUT2D eigenvalue weighted by Crippen LogP contribution is -2.17. The van der Waals surface area contributed by atoms with Gasteiger partial charge in [0.2, 0.25) is 0 Å². The Morgan fingerprint density at radius 3 is 2.60 bits per heavy atom. The Bertz CT molecular complexity index is 574. The van der Waals surface area contributed by atoms with Crippen LogP contribution in [0.2, 0.25) is 0 Å². The summed E-state index contributed by atoms with van der Waals surface area (Å²) in [7, 11) is 0. The predicted octanol–water partition coefficient (Wildman–Crippen LogP) is 1.99. The van der Waals surface area contributed by atoms with Crippen molar-refractivity contribution in [3.05, 3.63) is 42.9 Å². The summed E-state index contributed by atoms with van der Waals surface area (Å²) in [6.07, 6.45) is 5.37. The third-order valence-electron chi connectivity index (χ3n) is 4.42. The van der Waals surface area contributed by atoms with E-state index in [9.17, 15) is 0 Å². The lowest BCUT2D eigenvalue weighted by Gasteiger charge is -2.08. The van der Waals surface area contributed by atoms with Crippen LogP contribution < -0.4 is 10.1 Å². The molecule has 0 spiro atoms. The van der Waals surface area contributed by atoms with Gasteiger partial charge in [-0.25, -0.2) is 0 Å². The highest BCUT2D eigenvalue weighted by Crippen LogP contribution is 2.48. The molecular formula is C16H17N3O. The third-order valence-corrected chi connectivity index (χ3v) is 4.42. The van der Waals surface area contributed by atoms with E-state index in [2.05, 4.69) is 15.3 Å². The molecule has 102 valence electrons. The number of rotatable bonds is 4. The number of ether oxygens (including phenoxy) is 1. The second-order valence-corrected chi connectivity index (χ2v) is 5.58. The molecule has 20 heavy (non-hydrogen) atoms. The maximum atomic E-state index is 5.85. The standard InChI is InChI=1S/C16H17N3O/c1-2-16(11-3-5-17-6-4-11)19-7-12(1)20-10-15-13-8-18-9-14(13)15/h1-7,13-15,18H,8-10H2. The van der Waals surface area contributed by atoms with Gasteiger partial charge >= 0.3 is 0 Å². The molecule has 4 nitrogen and oxygen atoms in total. The number of aromatic nitrogens is 2. The number of nitrogens with zero attached hydrogens (tertiary/aromatic N) is 2. The molecule has 1 saturated heterocycles. The molecule has 3 heterocycles. The number of hydrogen-bond acceptors (Lipinski definition) is 4. The molecule has 0 radical (unpaired) electrons. The van der Waals surface area contributed by atoms with Crippen molar-refractivity contribution < 1.29 is 4.74 Å². The lowest BCUT2D eigenvalue weighted by atomic mass is 10.2. The van der Waals surface area contributed by atoms with Crippen LogP contribution in [0.25, 0.3) is 11.3 Å². The van der Waals surface area contributed by atoms with Gasteiger partial charge in [0.25, 0.3) is 0 Å². The molecule has 1 saturated carbocycles. The highest BCUT2D eigenvalue weighted by molar-refractivity contribution is 5.58. The van der Waals surface area contributed by atoms with Crippen molar-refractivity contribution in [3.63, 3.8) is 0 Å². The second kappa shape index (κ2) is 4.87. The Morgan fingerprint density at radius 2 is 1.90 bits per heavy atom. The first kappa shape index (κ1) is 11.9. The molecule has 2 unspecified atom stereocenters. The number of piperidine rings is 1. The summed E-state index contributed by atoms with van der Waals surface area (Å²) in [5.74, 6) is 3.30. The van der Waals surface area contributed by atoms with E-state index in [0.717, 1.165) is 54.5 Å². The summed E-state index contributed by atoms with van der Waals surface area (Å²) in [5.41, 5.74) is 2.03. The van der Waals surface area contributed by atoms with Crippen molar-refractivity contribution in [3.8, 4) is 17.0 Å². The summed E-state index contributed by atoms with van der Waals surface area (Å²) < 4.78 is 5.85. The van der Waals surface area contributed by atoms with E-state index in [0.29, 0.717) is 0 Å². The molecule has 2 aliphatic rings. The van der Waals surface area contributed by atoms with Crippen LogP contribution in [0.5, 0.6) is 5.75 Å². The van der Waals surface area contributed by atoms with Crippen LogP contribution in [0.15, 0.2) is 42.9 Å². The Balaban J connectivity index is 1.38. The monoisotopic (exact) mass is 267 g/mol. The molecule has 1 N–H and O–H groups in total. The molecule has 2 aromatic heterocycles. The zero-order chi connectivity index (χ0) is 13.4. The van der Waals surface area contributed by atoms with Crippen LogP contribution in [0, 0.1) is 17.8 Å². The van der Waals surface area contributed by atoms with E-state index in [4.69, 9.17) is 4.74 Å². The van der Waals surface area contributed by atoms with E-state index in [1.165, 1.54) is 0 Å². The van der Waals surface area contributed by atoms with Crippen molar-refractivity contribution in [1.82, 2.24) is 15.3 Å². The average molecular weight is 267 g/mol. The molecule has 4 heteroatoms. The van der Waals surface area contributed by atoms with Crippen molar-refractivity contribution in [2.45, 2.75) is 0 Å². The summed E-state index contributed by atoms with van der Waals surface area (Å²) in [4.78, 5) is 8.47. The summed E-state index contributed by atoms with van der Waals surface area (Å²) >= 11 is 0. The topological polar surface area (TPSA) is 47.0 Å². The third kappa shape index (κ3) is 2.16. The Labute approximate surface area is 118 Å². The minimum atomic E-state index is 0.746. The largest absolute Gasteiger partial charge is 0.492 e. The van der Waals surface area contributed by atoms with Crippen molar-refractivity contribution >= 4 is 0 Å². The van der Waals surface area contributed by atoms with E-state index >= 15 is 0 Å². The van der Waals surface area contributed by atoms with Gasteiger partial charge in [0.15, 0.2) is 0 Å². The number of fused-ring (bicyclic) bond motifs is 1. The Kier molecular flexibility index (Phi) is 2.89. The number of pyridine rings is 2. The van der Waals surface area contributed by atoms with E-state index in [1.807, 2.05) is 30.5 Å². The van der Waals surface area contributed by atoms with Crippen molar-refractivity contribution in [1.29, 1.82) is 0 Å². The fourth-order valence-corrected chi connectivity index (χ4v) is 3.15. The minimum Gasteiger partial charge on any atom is -0.492 e. The van der Waals surface area contributed by atoms with Crippen LogP contribution in [0.1, 0.15) is 0 Å². The van der Waals surface area contributed by atoms with E-state index in [1.54, 1.807) is 12.4 Å². The molecule has 0 amide bonds. The number of hydrogen-bond donors (Lipinski definition) is 1. The zero-order valence-corrected chi connectivity index (χ0v) is 11.2. The van der Waals surface area contributed by atoms with Gasteiger partial charge in [-0.2, -0.15) is 0 Å². The Morgan fingerprint density at radius 1 is 1.10 bits per heavy atom. The van der Waals surface area contributed by atoms with Crippen LogP contribution in [-0.4, -0.2) is 29.7 Å². The van der Waals surface area contributed by atoms with Crippen LogP contribution >= 0.6 is 0 Å². The normalized spacial score (nSPS) is 27.1. The smallest absolute Gasteiger partial charge is 0.137 e. The van der Waals surface area contributed by atoms with Gasteiger partial charge in [-0.1, -0.05) is 0 Å². The van der Waals surface area contributed by atoms with Gasteiger partial charge in [0.1, 0.15) is 5.75 Å². The maximum Gasteiger partial charge on any atom is 0.137 e. The fourth-order valence-electron chi connectivity index (χ4n) is 3.15. The molecule has 2 fully saturated rings. The molecule has 4 rings (SSSR count). The quantitative estimate of drug-likeness (QED) is 0.920. The van der Waals surface area contributed by atoms with Crippen LogP contribution in [-0.2, 0) is 0 Å². The van der Waals surface area contributed by atoms with E-state index < -0.39 is 0 Å². The van der Waals surface area contributed by atoms with Crippen LogP contribution in [0.4, 0.5) is 0 Å². The Hall–Kier alpha value is -1.94. The first-order chi connectivity index (χ1) is 9.92. The lowest BCUT2D eigenvalue weighted by molar-refractivity contribution is 0.279. The van der Waals surface area contributed by atoms with Crippen molar-refractivity contribution in [2.75, 3.05) is 19.7 Å².